The molecule has 66 valence electrons. The molecule has 2 rings (SSSR count). The topological polar surface area (TPSA) is 80.7 Å². The number of phenols is 1. The van der Waals surface area contributed by atoms with Crippen molar-refractivity contribution in [2.45, 2.75) is 0 Å². The van der Waals surface area contributed by atoms with E-state index < -0.39 is 11.3 Å². The number of aromatic hydroxyl groups is 1. The van der Waals surface area contributed by atoms with Crippen LogP contribution in [0.5, 0.6) is 5.75 Å². The maximum Gasteiger partial charge on any atom is 0.423 e. The van der Waals surface area contributed by atoms with Crippen molar-refractivity contribution in [1.82, 2.24) is 0 Å². The summed E-state index contributed by atoms with van der Waals surface area (Å²) in [7, 11) is 0. The molecule has 0 saturated heterocycles. The van der Waals surface area contributed by atoms with Crippen LogP contribution < -0.4 is 11.3 Å². The van der Waals surface area contributed by atoms with Gasteiger partial charge in [-0.1, -0.05) is 6.07 Å². The Bertz CT molecular complexity index is 562. The zero-order valence-corrected chi connectivity index (χ0v) is 6.31. The first-order valence-electron chi connectivity index (χ1n) is 3.44. The SMILES string of the molecule is O=c1oc2cccc(O)c2oc1=O. The summed E-state index contributed by atoms with van der Waals surface area (Å²) in [6, 6.07) is 4.21. The standard InChI is InChI=1S/C8H4O5/c9-4-2-1-3-5-6(4)13-8(11)7(10)12-5/h1-3,9H. The average Bonchev–Trinajstić information content (AvgIpc) is 2.09. The minimum absolute atomic E-state index is 0.0459. The molecule has 5 nitrogen and oxygen atoms in total. The van der Waals surface area contributed by atoms with Crippen LogP contribution in [0.2, 0.25) is 0 Å². The first kappa shape index (κ1) is 7.60. The molecule has 0 bridgehead atoms. The Labute approximate surface area is 70.8 Å². The van der Waals surface area contributed by atoms with Crippen molar-refractivity contribution in [3.63, 3.8) is 0 Å². The van der Waals surface area contributed by atoms with E-state index in [0.29, 0.717) is 0 Å². The van der Waals surface area contributed by atoms with E-state index in [4.69, 9.17) is 0 Å². The molecular formula is C8H4O5. The highest BCUT2D eigenvalue weighted by atomic mass is 16.5. The Kier molecular flexibility index (Phi) is 1.45. The highest BCUT2D eigenvalue weighted by Gasteiger charge is 2.07. The smallest absolute Gasteiger partial charge is 0.423 e. The summed E-state index contributed by atoms with van der Waals surface area (Å²) < 4.78 is 9.06. The maximum absolute atomic E-state index is 10.7. The van der Waals surface area contributed by atoms with E-state index in [2.05, 4.69) is 8.83 Å². The molecule has 0 aliphatic rings. The zero-order valence-electron chi connectivity index (χ0n) is 6.31. The Morgan fingerprint density at radius 3 is 2.54 bits per heavy atom. The molecule has 0 spiro atoms. The highest BCUT2D eigenvalue weighted by Crippen LogP contribution is 2.20. The summed E-state index contributed by atoms with van der Waals surface area (Å²) in [6.45, 7) is 0. The molecule has 0 aliphatic heterocycles. The van der Waals surface area contributed by atoms with Crippen LogP contribution in [0.1, 0.15) is 0 Å². The van der Waals surface area contributed by atoms with Gasteiger partial charge in [0.1, 0.15) is 0 Å². The van der Waals surface area contributed by atoms with Crippen molar-refractivity contribution in [1.29, 1.82) is 0 Å². The third-order valence-electron chi connectivity index (χ3n) is 1.52. The number of hydrogen-bond acceptors (Lipinski definition) is 5. The van der Waals surface area contributed by atoms with Crippen LogP contribution in [0.3, 0.4) is 0 Å². The molecule has 1 aromatic carbocycles. The second kappa shape index (κ2) is 2.48. The minimum Gasteiger partial charge on any atom is -0.504 e. The predicted molar refractivity (Wildman–Crippen MR) is 42.7 cm³/mol. The van der Waals surface area contributed by atoms with Gasteiger partial charge in [0.05, 0.1) is 0 Å². The lowest BCUT2D eigenvalue weighted by Crippen LogP contribution is -2.20. The number of hydrogen-bond donors (Lipinski definition) is 1. The summed E-state index contributed by atoms with van der Waals surface area (Å²) in [5.74, 6) is -0.238. The van der Waals surface area contributed by atoms with Crippen LogP contribution in [0.25, 0.3) is 11.2 Å². The molecule has 1 heterocycles. The number of phenolic OH excluding ortho intramolecular Hbond substituents is 1. The van der Waals surface area contributed by atoms with Gasteiger partial charge in [0, 0.05) is 0 Å². The third-order valence-corrected chi connectivity index (χ3v) is 1.52. The van der Waals surface area contributed by atoms with Gasteiger partial charge in [-0.3, -0.25) is 0 Å². The molecular weight excluding hydrogens is 176 g/mol. The van der Waals surface area contributed by atoms with Gasteiger partial charge in [-0.25, -0.2) is 9.59 Å². The van der Waals surface area contributed by atoms with Crippen LogP contribution in [0, 0.1) is 0 Å². The van der Waals surface area contributed by atoms with Crippen LogP contribution in [0.4, 0.5) is 0 Å². The third kappa shape index (κ3) is 1.10. The van der Waals surface area contributed by atoms with E-state index in [1.54, 1.807) is 0 Å². The number of rotatable bonds is 0. The van der Waals surface area contributed by atoms with Gasteiger partial charge in [-0.15, -0.1) is 0 Å². The van der Waals surface area contributed by atoms with Crippen molar-refractivity contribution < 1.29 is 13.9 Å². The first-order valence-corrected chi connectivity index (χ1v) is 3.44. The Morgan fingerprint density at radius 2 is 1.77 bits per heavy atom. The van der Waals surface area contributed by atoms with Crippen LogP contribution >= 0.6 is 0 Å². The largest absolute Gasteiger partial charge is 0.504 e. The fourth-order valence-corrected chi connectivity index (χ4v) is 0.963. The molecule has 0 fully saturated rings. The summed E-state index contributed by atoms with van der Waals surface area (Å²) in [5, 5.41) is 9.19. The van der Waals surface area contributed by atoms with E-state index in [0.717, 1.165) is 0 Å². The van der Waals surface area contributed by atoms with E-state index in [-0.39, 0.29) is 16.9 Å². The second-order valence-corrected chi connectivity index (χ2v) is 2.38. The summed E-state index contributed by atoms with van der Waals surface area (Å²) >= 11 is 0. The molecule has 0 radical (unpaired) electrons. The van der Waals surface area contributed by atoms with Crippen molar-refractivity contribution in [2.75, 3.05) is 0 Å². The van der Waals surface area contributed by atoms with E-state index >= 15 is 0 Å². The zero-order chi connectivity index (χ0) is 9.42. The minimum atomic E-state index is -1.13. The summed E-state index contributed by atoms with van der Waals surface area (Å²) in [6.07, 6.45) is 0. The van der Waals surface area contributed by atoms with E-state index in [9.17, 15) is 14.7 Å². The lowest BCUT2D eigenvalue weighted by atomic mass is 10.3. The normalized spacial score (nSPS) is 10.5. The van der Waals surface area contributed by atoms with Crippen LogP contribution in [-0.2, 0) is 0 Å². The van der Waals surface area contributed by atoms with Crippen LogP contribution in [-0.4, -0.2) is 5.11 Å². The molecule has 0 atom stereocenters. The Hall–Kier alpha value is -2.04. The van der Waals surface area contributed by atoms with Crippen molar-refractivity contribution in [3.05, 3.63) is 39.0 Å². The van der Waals surface area contributed by atoms with Crippen molar-refractivity contribution in [2.24, 2.45) is 0 Å². The molecule has 1 aromatic heterocycles. The average molecular weight is 180 g/mol. The maximum atomic E-state index is 10.7. The van der Waals surface area contributed by atoms with Crippen LogP contribution in [0.15, 0.2) is 36.6 Å². The Balaban J connectivity index is 3.06. The fraction of sp³-hybridized carbons (Fsp3) is 0. The van der Waals surface area contributed by atoms with Gasteiger partial charge in [-0.05, 0) is 12.1 Å². The first-order chi connectivity index (χ1) is 6.18. The number of fused-ring (bicyclic) bond motifs is 1. The quantitative estimate of drug-likeness (QED) is 0.595. The molecule has 13 heavy (non-hydrogen) atoms. The monoisotopic (exact) mass is 180 g/mol. The molecule has 2 aromatic rings. The molecule has 5 heteroatoms. The lowest BCUT2D eigenvalue weighted by Gasteiger charge is -1.94. The molecule has 1 N–H and O–H groups in total. The van der Waals surface area contributed by atoms with Gasteiger partial charge in [0.2, 0.25) is 5.58 Å². The van der Waals surface area contributed by atoms with Gasteiger partial charge in [0.25, 0.3) is 0 Å². The highest BCUT2D eigenvalue weighted by molar-refractivity contribution is 5.75. The van der Waals surface area contributed by atoms with E-state index in [1.807, 2.05) is 0 Å². The lowest BCUT2D eigenvalue weighted by molar-refractivity contribution is 0.420. The summed E-state index contributed by atoms with van der Waals surface area (Å²) in [5.41, 5.74) is -2.29. The Morgan fingerprint density at radius 1 is 1.08 bits per heavy atom. The number of benzene rings is 1. The van der Waals surface area contributed by atoms with Gasteiger partial charge < -0.3 is 13.9 Å². The van der Waals surface area contributed by atoms with E-state index in [1.165, 1.54) is 18.2 Å². The van der Waals surface area contributed by atoms with Gasteiger partial charge >= 0.3 is 11.3 Å². The fourth-order valence-electron chi connectivity index (χ4n) is 0.963. The number of para-hydroxylation sites is 1. The molecule has 0 unspecified atom stereocenters. The summed E-state index contributed by atoms with van der Waals surface area (Å²) in [4.78, 5) is 21.4. The predicted octanol–water partition coefficient (Wildman–Crippen LogP) is 0.452. The molecule has 0 amide bonds. The van der Waals surface area contributed by atoms with Gasteiger partial charge in [0.15, 0.2) is 11.3 Å². The van der Waals surface area contributed by atoms with Crippen molar-refractivity contribution in [3.8, 4) is 5.75 Å². The second-order valence-electron chi connectivity index (χ2n) is 2.38. The van der Waals surface area contributed by atoms with Gasteiger partial charge in [-0.2, -0.15) is 0 Å². The molecule has 0 aliphatic carbocycles. The van der Waals surface area contributed by atoms with Crippen molar-refractivity contribution >= 4 is 11.2 Å². The molecule has 0 saturated carbocycles.